The zero-order valence-electron chi connectivity index (χ0n) is 21.7. The molecule has 1 saturated carbocycles. The van der Waals surface area contributed by atoms with E-state index in [2.05, 4.69) is 16.4 Å². The molecule has 0 radical (unpaired) electrons. The molecule has 0 saturated heterocycles. The molecule has 1 aliphatic carbocycles. The lowest BCUT2D eigenvalue weighted by Crippen LogP contribution is -2.52. The van der Waals surface area contributed by atoms with Crippen LogP contribution in [0.1, 0.15) is 75.7 Å². The fourth-order valence-corrected chi connectivity index (χ4v) is 5.74. The van der Waals surface area contributed by atoms with Crippen LogP contribution in [0.4, 0.5) is 0 Å². The van der Waals surface area contributed by atoms with Crippen LogP contribution in [0.3, 0.4) is 0 Å². The van der Waals surface area contributed by atoms with Crippen molar-refractivity contribution in [1.82, 2.24) is 10.2 Å². The van der Waals surface area contributed by atoms with Crippen LogP contribution >= 0.6 is 0 Å². The Hall–Kier alpha value is -3.86. The summed E-state index contributed by atoms with van der Waals surface area (Å²) in [4.78, 5) is 33.0. The Balaban J connectivity index is 1.42. The fourth-order valence-electron chi connectivity index (χ4n) is 5.74. The van der Waals surface area contributed by atoms with Gasteiger partial charge in [-0.05, 0) is 63.8 Å². The predicted molar refractivity (Wildman–Crippen MR) is 139 cm³/mol. The smallest absolute Gasteiger partial charge is 0.232 e. The maximum Gasteiger partial charge on any atom is 0.232 e. The van der Waals surface area contributed by atoms with E-state index >= 15 is 0 Å². The molecule has 8 heteroatoms. The van der Waals surface area contributed by atoms with Crippen molar-refractivity contribution in [2.24, 2.45) is 22.6 Å². The Morgan fingerprint density at radius 1 is 1.22 bits per heavy atom. The van der Waals surface area contributed by atoms with Gasteiger partial charge in [0.15, 0.2) is 5.96 Å². The molecule has 4 atom stereocenters. The van der Waals surface area contributed by atoms with Crippen molar-refractivity contribution in [1.29, 1.82) is 5.26 Å². The van der Waals surface area contributed by atoms with Crippen LogP contribution in [-0.2, 0) is 9.59 Å². The summed E-state index contributed by atoms with van der Waals surface area (Å²) in [6.45, 7) is 7.79. The molecule has 8 nitrogen and oxygen atoms in total. The summed E-state index contributed by atoms with van der Waals surface area (Å²) < 4.78 is 6.12. The van der Waals surface area contributed by atoms with Gasteiger partial charge in [-0.1, -0.05) is 30.3 Å². The number of ether oxygens (including phenoxy) is 1. The molecule has 192 valence electrons. The molecule has 1 fully saturated rings. The van der Waals surface area contributed by atoms with Crippen LogP contribution < -0.4 is 15.8 Å². The van der Waals surface area contributed by atoms with Gasteiger partial charge >= 0.3 is 0 Å². The molecule has 3 N–H and O–H groups in total. The first-order valence-corrected chi connectivity index (χ1v) is 12.7. The molecule has 2 heterocycles. The molecule has 0 spiro atoms. The number of nitrogens with zero attached hydrogens (tertiary/aromatic N) is 3. The third-order valence-corrected chi connectivity index (χ3v) is 7.43. The van der Waals surface area contributed by atoms with E-state index in [4.69, 9.17) is 10.5 Å². The molecular formula is C29H33N5O3. The highest BCUT2D eigenvalue weighted by molar-refractivity contribution is 5.99. The first kappa shape index (κ1) is 24.8. The maximum atomic E-state index is 13.5. The van der Waals surface area contributed by atoms with Crippen LogP contribution in [0.2, 0.25) is 0 Å². The van der Waals surface area contributed by atoms with Crippen LogP contribution in [0.5, 0.6) is 5.75 Å². The van der Waals surface area contributed by atoms with E-state index in [1.807, 2.05) is 58.0 Å². The summed E-state index contributed by atoms with van der Waals surface area (Å²) in [5.74, 6) is 0.327. The largest absolute Gasteiger partial charge is 0.487 e. The predicted octanol–water partition coefficient (Wildman–Crippen LogP) is 3.98. The summed E-state index contributed by atoms with van der Waals surface area (Å²) >= 11 is 0. The monoisotopic (exact) mass is 499 g/mol. The van der Waals surface area contributed by atoms with Gasteiger partial charge < -0.3 is 15.8 Å². The van der Waals surface area contributed by atoms with Crippen molar-refractivity contribution in [2.75, 3.05) is 0 Å². The van der Waals surface area contributed by atoms with Crippen molar-refractivity contribution >= 4 is 17.8 Å². The molecule has 2 amide bonds. The standard InChI is InChI=1S/C29H33N5O3/c1-28(2)15-24(35)34(27(31)33-28)25(18-9-7-8-17(12-18)16-30)20-13-21(20)26(36)32-22-14-29(3,4)37-23-11-6-5-10-19(22)23/h5-12,20-22,25H,13-15H2,1-4H3,(H2,31,33)(H,32,36)/t20-,21?,22-,25+/m0/s1. The molecular weight excluding hydrogens is 466 g/mol. The minimum Gasteiger partial charge on any atom is -0.487 e. The van der Waals surface area contributed by atoms with Crippen molar-refractivity contribution in [2.45, 2.75) is 70.2 Å². The van der Waals surface area contributed by atoms with Gasteiger partial charge in [0, 0.05) is 17.9 Å². The molecule has 5 rings (SSSR count). The summed E-state index contributed by atoms with van der Waals surface area (Å²) in [7, 11) is 0. The average molecular weight is 500 g/mol. The van der Waals surface area contributed by atoms with Crippen LogP contribution in [0.25, 0.3) is 0 Å². The summed E-state index contributed by atoms with van der Waals surface area (Å²) in [6, 6.07) is 16.5. The quantitative estimate of drug-likeness (QED) is 0.645. The van der Waals surface area contributed by atoms with Crippen LogP contribution in [-0.4, -0.2) is 33.8 Å². The van der Waals surface area contributed by atoms with Gasteiger partial charge in [-0.2, -0.15) is 5.26 Å². The average Bonchev–Trinajstić information content (AvgIpc) is 3.60. The zero-order chi connectivity index (χ0) is 26.5. The molecule has 37 heavy (non-hydrogen) atoms. The number of carbonyl (C=O) groups is 2. The van der Waals surface area contributed by atoms with Gasteiger partial charge in [-0.25, -0.2) is 4.99 Å². The molecule has 2 aromatic rings. The molecule has 1 unspecified atom stereocenters. The number of fused-ring (bicyclic) bond motifs is 1. The Labute approximate surface area is 217 Å². The van der Waals surface area contributed by atoms with E-state index in [-0.39, 0.29) is 42.1 Å². The van der Waals surface area contributed by atoms with Crippen molar-refractivity contribution in [3.05, 3.63) is 65.2 Å². The molecule has 0 bridgehead atoms. The second-order valence-electron chi connectivity index (χ2n) is 11.6. The van der Waals surface area contributed by atoms with E-state index in [1.165, 1.54) is 4.90 Å². The van der Waals surface area contributed by atoms with E-state index in [0.717, 1.165) is 16.9 Å². The number of amides is 2. The second kappa shape index (κ2) is 8.91. The molecule has 2 aromatic carbocycles. The Kier molecular flexibility index (Phi) is 5.98. The van der Waals surface area contributed by atoms with Gasteiger partial charge in [0.05, 0.1) is 35.7 Å². The number of aliphatic imine (C=N–C) groups is 1. The van der Waals surface area contributed by atoms with Gasteiger partial charge in [-0.15, -0.1) is 0 Å². The zero-order valence-corrected chi connectivity index (χ0v) is 21.7. The van der Waals surface area contributed by atoms with Crippen molar-refractivity contribution in [3.8, 4) is 11.8 Å². The SMILES string of the molecule is CC1(C)CC(=O)N([C@H](c2cccc(C#N)c2)[C@H]2CC2C(=O)N[C@H]2CC(C)(C)Oc3ccccc32)C(N)=N1. The van der Waals surface area contributed by atoms with Gasteiger partial charge in [0.2, 0.25) is 11.8 Å². The second-order valence-corrected chi connectivity index (χ2v) is 11.6. The maximum absolute atomic E-state index is 13.5. The first-order valence-electron chi connectivity index (χ1n) is 12.7. The number of nitriles is 1. The number of guanidine groups is 1. The summed E-state index contributed by atoms with van der Waals surface area (Å²) in [5, 5.41) is 12.7. The lowest BCUT2D eigenvalue weighted by atomic mass is 9.89. The Morgan fingerprint density at radius 2 is 1.97 bits per heavy atom. The lowest BCUT2D eigenvalue weighted by molar-refractivity contribution is -0.132. The van der Waals surface area contributed by atoms with E-state index in [0.29, 0.717) is 18.4 Å². The molecule has 0 aromatic heterocycles. The van der Waals surface area contributed by atoms with Gasteiger partial charge in [-0.3, -0.25) is 14.5 Å². The highest BCUT2D eigenvalue weighted by atomic mass is 16.5. The van der Waals surface area contributed by atoms with Crippen molar-refractivity contribution in [3.63, 3.8) is 0 Å². The topological polar surface area (TPSA) is 121 Å². The fraction of sp³-hybridized carbons (Fsp3) is 0.448. The van der Waals surface area contributed by atoms with Gasteiger partial charge in [0.1, 0.15) is 11.4 Å². The summed E-state index contributed by atoms with van der Waals surface area (Å²) in [6.07, 6.45) is 1.49. The normalized spacial score (nSPS) is 26.1. The number of hydrogen-bond donors (Lipinski definition) is 2. The lowest BCUT2D eigenvalue weighted by Gasteiger charge is -2.39. The Morgan fingerprint density at radius 3 is 2.70 bits per heavy atom. The van der Waals surface area contributed by atoms with Crippen LogP contribution in [0, 0.1) is 23.2 Å². The van der Waals surface area contributed by atoms with E-state index in [1.54, 1.807) is 18.2 Å². The van der Waals surface area contributed by atoms with E-state index < -0.39 is 17.2 Å². The third kappa shape index (κ3) is 4.91. The molecule has 3 aliphatic rings. The number of nitrogens with two attached hydrogens (primary N) is 1. The summed E-state index contributed by atoms with van der Waals surface area (Å²) in [5.41, 5.74) is 7.60. The number of nitrogens with one attached hydrogen (secondary N) is 1. The van der Waals surface area contributed by atoms with Gasteiger partial charge in [0.25, 0.3) is 0 Å². The number of hydrogen-bond acceptors (Lipinski definition) is 6. The van der Waals surface area contributed by atoms with Crippen LogP contribution in [0.15, 0.2) is 53.5 Å². The minimum atomic E-state index is -0.583. The first-order chi connectivity index (χ1) is 17.5. The number of para-hydroxylation sites is 1. The number of rotatable bonds is 5. The Bertz CT molecular complexity index is 1320. The number of benzene rings is 2. The molecule has 2 aliphatic heterocycles. The number of carbonyl (C=O) groups excluding carboxylic acids is 2. The van der Waals surface area contributed by atoms with Crippen molar-refractivity contribution < 1.29 is 14.3 Å². The minimum absolute atomic E-state index is 0.0516. The third-order valence-electron chi connectivity index (χ3n) is 7.43. The highest BCUT2D eigenvalue weighted by Gasteiger charge is 2.53. The van der Waals surface area contributed by atoms with E-state index in [9.17, 15) is 14.9 Å². The highest BCUT2D eigenvalue weighted by Crippen LogP contribution is 2.52.